The van der Waals surface area contributed by atoms with Crippen LogP contribution in [-0.4, -0.2) is 17.2 Å². The van der Waals surface area contributed by atoms with Gasteiger partial charge >= 0.3 is 5.97 Å². The van der Waals surface area contributed by atoms with E-state index in [0.29, 0.717) is 11.1 Å². The molecule has 2 rings (SSSR count). The van der Waals surface area contributed by atoms with Crippen molar-refractivity contribution in [2.24, 2.45) is 0 Å². The molecule has 0 aliphatic heterocycles. The zero-order chi connectivity index (χ0) is 13.8. The molecule has 0 bridgehead atoms. The Morgan fingerprint density at radius 2 is 1.79 bits per heavy atom. The first-order valence-corrected chi connectivity index (χ1v) is 6.17. The Morgan fingerprint density at radius 3 is 2.42 bits per heavy atom. The van der Waals surface area contributed by atoms with Gasteiger partial charge in [0.05, 0.1) is 11.7 Å². The molecule has 0 unspecified atom stereocenters. The number of aromatic hydroxyl groups is 1. The van der Waals surface area contributed by atoms with E-state index >= 15 is 0 Å². The Kier molecular flexibility index (Phi) is 3.85. The number of carbonyl (C=O) groups excluding carboxylic acids is 1. The van der Waals surface area contributed by atoms with Gasteiger partial charge < -0.3 is 9.84 Å². The lowest BCUT2D eigenvalue weighted by molar-refractivity contribution is 0.0378. The number of hydrogen-bond acceptors (Lipinski definition) is 3. The summed E-state index contributed by atoms with van der Waals surface area (Å²) in [4.78, 5) is 11.8. The Bertz CT molecular complexity index is 574. The SMILES string of the molecule is CC(C)OC(=O)c1ccc(O)c(-c2ccccc2)c1. The molecule has 0 aromatic heterocycles. The highest BCUT2D eigenvalue weighted by atomic mass is 16.5. The fraction of sp³-hybridized carbons (Fsp3) is 0.188. The van der Waals surface area contributed by atoms with Crippen molar-refractivity contribution in [3.63, 3.8) is 0 Å². The summed E-state index contributed by atoms with van der Waals surface area (Å²) in [6, 6.07) is 14.2. The summed E-state index contributed by atoms with van der Waals surface area (Å²) in [5, 5.41) is 9.90. The maximum atomic E-state index is 11.8. The van der Waals surface area contributed by atoms with E-state index in [1.165, 1.54) is 6.07 Å². The van der Waals surface area contributed by atoms with Crippen molar-refractivity contribution in [3.05, 3.63) is 54.1 Å². The molecular formula is C16H16O3. The minimum Gasteiger partial charge on any atom is -0.507 e. The maximum Gasteiger partial charge on any atom is 0.338 e. The Labute approximate surface area is 112 Å². The molecule has 0 saturated heterocycles. The van der Waals surface area contributed by atoms with Gasteiger partial charge in [0.1, 0.15) is 5.75 Å². The van der Waals surface area contributed by atoms with Gasteiger partial charge in [-0.1, -0.05) is 30.3 Å². The van der Waals surface area contributed by atoms with Crippen LogP contribution in [0.5, 0.6) is 5.75 Å². The Morgan fingerprint density at radius 1 is 1.11 bits per heavy atom. The van der Waals surface area contributed by atoms with Gasteiger partial charge in [-0.3, -0.25) is 0 Å². The van der Waals surface area contributed by atoms with Crippen molar-refractivity contribution in [3.8, 4) is 16.9 Å². The summed E-state index contributed by atoms with van der Waals surface area (Å²) in [5.74, 6) is -0.237. The van der Waals surface area contributed by atoms with Gasteiger partial charge in [0.25, 0.3) is 0 Å². The van der Waals surface area contributed by atoms with Crippen molar-refractivity contribution in [2.75, 3.05) is 0 Å². The second kappa shape index (κ2) is 5.57. The van der Waals surface area contributed by atoms with Crippen LogP contribution in [0.25, 0.3) is 11.1 Å². The summed E-state index contributed by atoms with van der Waals surface area (Å²) >= 11 is 0. The summed E-state index contributed by atoms with van der Waals surface area (Å²) in [6.07, 6.45) is -0.165. The van der Waals surface area contributed by atoms with Crippen LogP contribution in [0.15, 0.2) is 48.5 Å². The summed E-state index contributed by atoms with van der Waals surface area (Å²) in [6.45, 7) is 3.60. The molecule has 1 N–H and O–H groups in total. The van der Waals surface area contributed by atoms with E-state index in [1.54, 1.807) is 26.0 Å². The van der Waals surface area contributed by atoms with E-state index in [4.69, 9.17) is 4.74 Å². The number of phenolic OH excluding ortho intramolecular Hbond substituents is 1. The number of ether oxygens (including phenoxy) is 1. The second-order valence-electron chi connectivity index (χ2n) is 4.55. The molecule has 3 nitrogen and oxygen atoms in total. The number of phenols is 1. The van der Waals surface area contributed by atoms with Gasteiger partial charge in [0, 0.05) is 5.56 Å². The molecule has 2 aromatic carbocycles. The van der Waals surface area contributed by atoms with Gasteiger partial charge in [-0.15, -0.1) is 0 Å². The third-order valence-corrected chi connectivity index (χ3v) is 2.66. The highest BCUT2D eigenvalue weighted by Crippen LogP contribution is 2.30. The highest BCUT2D eigenvalue weighted by Gasteiger charge is 2.12. The third-order valence-electron chi connectivity index (χ3n) is 2.66. The zero-order valence-corrected chi connectivity index (χ0v) is 11.0. The monoisotopic (exact) mass is 256 g/mol. The molecule has 0 heterocycles. The van der Waals surface area contributed by atoms with Crippen molar-refractivity contribution in [1.82, 2.24) is 0 Å². The molecule has 0 saturated carbocycles. The van der Waals surface area contributed by atoms with Crippen LogP contribution < -0.4 is 0 Å². The number of hydrogen-bond donors (Lipinski definition) is 1. The van der Waals surface area contributed by atoms with Gasteiger partial charge in [-0.2, -0.15) is 0 Å². The normalized spacial score (nSPS) is 10.5. The fourth-order valence-electron chi connectivity index (χ4n) is 1.79. The van der Waals surface area contributed by atoms with Crippen molar-refractivity contribution < 1.29 is 14.6 Å². The van der Waals surface area contributed by atoms with Crippen LogP contribution in [0.4, 0.5) is 0 Å². The minimum atomic E-state index is -0.382. The molecule has 0 atom stereocenters. The second-order valence-corrected chi connectivity index (χ2v) is 4.55. The molecule has 0 fully saturated rings. The van der Waals surface area contributed by atoms with Crippen LogP contribution >= 0.6 is 0 Å². The minimum absolute atomic E-state index is 0.146. The predicted octanol–water partition coefficient (Wildman–Crippen LogP) is 3.62. The molecule has 19 heavy (non-hydrogen) atoms. The fourth-order valence-corrected chi connectivity index (χ4v) is 1.79. The molecule has 0 aliphatic rings. The molecule has 0 spiro atoms. The Balaban J connectivity index is 2.38. The topological polar surface area (TPSA) is 46.5 Å². The Hall–Kier alpha value is -2.29. The number of benzene rings is 2. The molecular weight excluding hydrogens is 240 g/mol. The first-order valence-electron chi connectivity index (χ1n) is 6.17. The number of esters is 1. The van der Waals surface area contributed by atoms with Gasteiger partial charge in [-0.25, -0.2) is 4.79 Å². The average Bonchev–Trinajstić information content (AvgIpc) is 2.39. The summed E-state index contributed by atoms with van der Waals surface area (Å²) in [5.41, 5.74) is 1.92. The lowest BCUT2D eigenvalue weighted by atomic mass is 10.0. The van der Waals surface area contributed by atoms with E-state index in [0.717, 1.165) is 5.56 Å². The molecule has 0 aliphatic carbocycles. The zero-order valence-electron chi connectivity index (χ0n) is 11.0. The van der Waals surface area contributed by atoms with Gasteiger partial charge in [0.15, 0.2) is 0 Å². The van der Waals surface area contributed by atoms with Crippen molar-refractivity contribution in [2.45, 2.75) is 20.0 Å². The lowest BCUT2D eigenvalue weighted by Crippen LogP contribution is -2.11. The van der Waals surface area contributed by atoms with Crippen molar-refractivity contribution in [1.29, 1.82) is 0 Å². The molecule has 0 radical (unpaired) electrons. The lowest BCUT2D eigenvalue weighted by Gasteiger charge is -2.10. The van der Waals surface area contributed by atoms with Crippen LogP contribution in [-0.2, 0) is 4.74 Å². The molecule has 0 amide bonds. The highest BCUT2D eigenvalue weighted by molar-refractivity contribution is 5.92. The quantitative estimate of drug-likeness (QED) is 0.853. The van der Waals surface area contributed by atoms with Crippen LogP contribution in [0, 0.1) is 0 Å². The van der Waals surface area contributed by atoms with E-state index < -0.39 is 0 Å². The smallest absolute Gasteiger partial charge is 0.338 e. The van der Waals surface area contributed by atoms with E-state index in [-0.39, 0.29) is 17.8 Å². The average molecular weight is 256 g/mol. The molecule has 3 heteroatoms. The van der Waals surface area contributed by atoms with Crippen LogP contribution in [0.3, 0.4) is 0 Å². The third kappa shape index (κ3) is 3.13. The largest absolute Gasteiger partial charge is 0.507 e. The maximum absolute atomic E-state index is 11.8. The summed E-state index contributed by atoms with van der Waals surface area (Å²) in [7, 11) is 0. The van der Waals surface area contributed by atoms with E-state index in [9.17, 15) is 9.90 Å². The van der Waals surface area contributed by atoms with Gasteiger partial charge in [0.2, 0.25) is 0 Å². The van der Waals surface area contributed by atoms with Crippen LogP contribution in [0.1, 0.15) is 24.2 Å². The summed E-state index contributed by atoms with van der Waals surface area (Å²) < 4.78 is 5.15. The number of rotatable bonds is 3. The molecule has 98 valence electrons. The first-order chi connectivity index (χ1) is 9.08. The predicted molar refractivity (Wildman–Crippen MR) is 74.1 cm³/mol. The molecule has 2 aromatic rings. The van der Waals surface area contributed by atoms with Gasteiger partial charge in [-0.05, 0) is 37.6 Å². The van der Waals surface area contributed by atoms with E-state index in [2.05, 4.69) is 0 Å². The number of carbonyl (C=O) groups is 1. The standard InChI is InChI=1S/C16H16O3/c1-11(2)19-16(18)13-8-9-15(17)14(10-13)12-6-4-3-5-7-12/h3-11,17H,1-2H3. The van der Waals surface area contributed by atoms with E-state index in [1.807, 2.05) is 30.3 Å². The van der Waals surface area contributed by atoms with Crippen LogP contribution in [0.2, 0.25) is 0 Å². The first kappa shape index (κ1) is 13.1. The van der Waals surface area contributed by atoms with Crippen molar-refractivity contribution >= 4 is 5.97 Å².